The molecule has 0 unspecified atom stereocenters. The molecule has 0 aromatic rings. The highest BCUT2D eigenvalue weighted by Crippen LogP contribution is 2.23. The molecule has 0 aliphatic heterocycles. The van der Waals surface area contributed by atoms with E-state index >= 15 is 0 Å². The second kappa shape index (κ2) is 2.83. The van der Waals surface area contributed by atoms with E-state index in [1.165, 1.54) is 12.8 Å². The number of halogens is 1. The largest absolute Gasteiger partial charge is 0.393 e. The lowest BCUT2D eigenvalue weighted by Gasteiger charge is -2.20. The first-order valence-corrected chi connectivity index (χ1v) is 4.03. The maximum Gasteiger partial charge on any atom is 0.0551 e. The summed E-state index contributed by atoms with van der Waals surface area (Å²) in [5.41, 5.74) is 0. The smallest absolute Gasteiger partial charge is 0.0551 e. The molecule has 2 atom stereocenters. The third kappa shape index (κ3) is 1.75. The van der Waals surface area contributed by atoms with Crippen molar-refractivity contribution in [2.24, 2.45) is 0 Å². The van der Waals surface area contributed by atoms with Crippen LogP contribution in [0.3, 0.4) is 0 Å². The zero-order valence-corrected chi connectivity index (χ0v) is 6.39. The third-order valence-electron chi connectivity index (χ3n) is 1.58. The number of aliphatic hydroxyl groups excluding tert-OH is 1. The Bertz CT molecular complexity index is 66.9. The molecule has 0 saturated heterocycles. The molecule has 0 radical (unpaired) electrons. The highest BCUT2D eigenvalue weighted by Gasteiger charge is 2.16. The van der Waals surface area contributed by atoms with Crippen molar-refractivity contribution < 1.29 is 5.11 Å². The van der Waals surface area contributed by atoms with Gasteiger partial charge < -0.3 is 5.11 Å². The number of hydrogen-bond donors (Lipinski definition) is 1. The number of rotatable bonds is 0. The van der Waals surface area contributed by atoms with Crippen LogP contribution in [0.5, 0.6) is 0 Å². The van der Waals surface area contributed by atoms with E-state index in [1.54, 1.807) is 0 Å². The lowest BCUT2D eigenvalue weighted by molar-refractivity contribution is 0.134. The molecule has 0 spiro atoms. The minimum Gasteiger partial charge on any atom is -0.393 e. The van der Waals surface area contributed by atoms with E-state index in [9.17, 15) is 0 Å². The van der Waals surface area contributed by atoms with Crippen molar-refractivity contribution in [2.75, 3.05) is 0 Å². The van der Waals surface area contributed by atoms with E-state index in [2.05, 4.69) is 15.9 Å². The Kier molecular flexibility index (Phi) is 2.32. The number of alkyl halides is 1. The Balaban J connectivity index is 2.23. The summed E-state index contributed by atoms with van der Waals surface area (Å²) in [4.78, 5) is 0.575. The topological polar surface area (TPSA) is 20.2 Å². The maximum atomic E-state index is 9.05. The molecule has 0 bridgehead atoms. The predicted octanol–water partition coefficient (Wildman–Crippen LogP) is 1.68. The monoisotopic (exact) mass is 178 g/mol. The van der Waals surface area contributed by atoms with Gasteiger partial charge in [0.1, 0.15) is 0 Å². The lowest BCUT2D eigenvalue weighted by Crippen LogP contribution is -2.18. The van der Waals surface area contributed by atoms with Gasteiger partial charge in [-0.25, -0.2) is 0 Å². The van der Waals surface area contributed by atoms with Gasteiger partial charge in [0.15, 0.2) is 0 Å². The van der Waals surface area contributed by atoms with Crippen molar-refractivity contribution in [3.05, 3.63) is 0 Å². The second-order valence-corrected chi connectivity index (χ2v) is 3.71. The lowest BCUT2D eigenvalue weighted by atomic mass is 9.98. The van der Waals surface area contributed by atoms with E-state index in [-0.39, 0.29) is 6.10 Å². The minimum absolute atomic E-state index is 0.0341. The van der Waals surface area contributed by atoms with Crippen LogP contribution in [-0.4, -0.2) is 16.0 Å². The Hall–Kier alpha value is 0.440. The summed E-state index contributed by atoms with van der Waals surface area (Å²) in [5.74, 6) is 0. The number of hydrogen-bond acceptors (Lipinski definition) is 1. The fraction of sp³-hybridized carbons (Fsp3) is 1.00. The molecule has 1 aliphatic rings. The molecule has 0 aromatic heterocycles. The highest BCUT2D eigenvalue weighted by molar-refractivity contribution is 9.09. The molecule has 1 aliphatic carbocycles. The Morgan fingerprint density at radius 3 is 2.50 bits per heavy atom. The molecular weight excluding hydrogens is 168 g/mol. The van der Waals surface area contributed by atoms with Crippen LogP contribution in [-0.2, 0) is 0 Å². The minimum atomic E-state index is -0.0341. The fourth-order valence-corrected chi connectivity index (χ4v) is 1.86. The van der Waals surface area contributed by atoms with E-state index in [0.717, 1.165) is 12.8 Å². The van der Waals surface area contributed by atoms with Gasteiger partial charge in [0.2, 0.25) is 0 Å². The normalized spacial score (nSPS) is 39.8. The van der Waals surface area contributed by atoms with Gasteiger partial charge in [0, 0.05) is 4.83 Å². The van der Waals surface area contributed by atoms with Crippen molar-refractivity contribution in [3.8, 4) is 0 Å². The molecule has 1 fully saturated rings. The quantitative estimate of drug-likeness (QED) is 0.561. The Morgan fingerprint density at radius 2 is 2.12 bits per heavy atom. The van der Waals surface area contributed by atoms with Crippen LogP contribution in [0.15, 0.2) is 0 Å². The molecule has 1 saturated carbocycles. The summed E-state index contributed by atoms with van der Waals surface area (Å²) in [6, 6.07) is 0. The van der Waals surface area contributed by atoms with E-state index < -0.39 is 0 Å². The van der Waals surface area contributed by atoms with E-state index in [4.69, 9.17) is 5.11 Å². The van der Waals surface area contributed by atoms with Gasteiger partial charge in [-0.1, -0.05) is 15.9 Å². The molecule has 2 heteroatoms. The van der Waals surface area contributed by atoms with Gasteiger partial charge >= 0.3 is 0 Å². The summed E-state index contributed by atoms with van der Waals surface area (Å²) >= 11 is 3.47. The first-order chi connectivity index (χ1) is 3.79. The SMILES string of the molecule is O[C@@H]1CCC[C@H](Br)C1. The van der Waals surface area contributed by atoms with Crippen LogP contribution >= 0.6 is 15.9 Å². The van der Waals surface area contributed by atoms with Crippen molar-refractivity contribution >= 4 is 15.9 Å². The van der Waals surface area contributed by atoms with E-state index in [1.807, 2.05) is 0 Å². The molecular formula is C6H11BrO. The number of aliphatic hydroxyl groups is 1. The highest BCUT2D eigenvalue weighted by atomic mass is 79.9. The molecule has 0 aromatic carbocycles. The van der Waals surface area contributed by atoms with Gasteiger partial charge in [-0.3, -0.25) is 0 Å². The molecule has 0 heterocycles. The zero-order valence-electron chi connectivity index (χ0n) is 4.81. The summed E-state index contributed by atoms with van der Waals surface area (Å²) in [6.45, 7) is 0. The molecule has 48 valence electrons. The van der Waals surface area contributed by atoms with Gasteiger partial charge in [-0.2, -0.15) is 0 Å². The van der Waals surface area contributed by atoms with Crippen molar-refractivity contribution in [1.82, 2.24) is 0 Å². The Morgan fingerprint density at radius 1 is 1.38 bits per heavy atom. The van der Waals surface area contributed by atoms with Crippen molar-refractivity contribution in [2.45, 2.75) is 36.6 Å². The third-order valence-corrected chi connectivity index (χ3v) is 2.41. The molecule has 1 N–H and O–H groups in total. The average Bonchev–Trinajstić information content (AvgIpc) is 1.64. The van der Waals surface area contributed by atoms with Crippen LogP contribution in [0.1, 0.15) is 25.7 Å². The average molecular weight is 179 g/mol. The first-order valence-electron chi connectivity index (χ1n) is 3.11. The van der Waals surface area contributed by atoms with Gasteiger partial charge in [-0.05, 0) is 25.7 Å². The molecule has 1 rings (SSSR count). The fourth-order valence-electron chi connectivity index (χ4n) is 1.11. The van der Waals surface area contributed by atoms with Crippen molar-refractivity contribution in [3.63, 3.8) is 0 Å². The van der Waals surface area contributed by atoms with Crippen LogP contribution in [0.4, 0.5) is 0 Å². The molecule has 0 amide bonds. The zero-order chi connectivity index (χ0) is 5.98. The van der Waals surface area contributed by atoms with Crippen LogP contribution in [0, 0.1) is 0 Å². The molecule has 1 nitrogen and oxygen atoms in total. The van der Waals surface area contributed by atoms with Crippen LogP contribution in [0.2, 0.25) is 0 Å². The summed E-state index contributed by atoms with van der Waals surface area (Å²) in [6.07, 6.45) is 4.32. The maximum absolute atomic E-state index is 9.05. The van der Waals surface area contributed by atoms with E-state index in [0.29, 0.717) is 4.83 Å². The first kappa shape index (κ1) is 6.56. The standard InChI is InChI=1S/C6H11BrO/c7-5-2-1-3-6(8)4-5/h5-6,8H,1-4H2/t5-,6+/m0/s1. The summed E-state index contributed by atoms with van der Waals surface area (Å²) in [5, 5.41) is 9.05. The van der Waals surface area contributed by atoms with Crippen LogP contribution < -0.4 is 0 Å². The molecule has 8 heavy (non-hydrogen) atoms. The summed E-state index contributed by atoms with van der Waals surface area (Å²) < 4.78 is 0. The Labute approximate surface area is 58.2 Å². The summed E-state index contributed by atoms with van der Waals surface area (Å²) in [7, 11) is 0. The van der Waals surface area contributed by atoms with Crippen LogP contribution in [0.25, 0.3) is 0 Å². The van der Waals surface area contributed by atoms with Crippen molar-refractivity contribution in [1.29, 1.82) is 0 Å². The van der Waals surface area contributed by atoms with Gasteiger partial charge in [0.05, 0.1) is 6.10 Å². The predicted molar refractivity (Wildman–Crippen MR) is 37.2 cm³/mol. The second-order valence-electron chi connectivity index (χ2n) is 2.42. The van der Waals surface area contributed by atoms with Gasteiger partial charge in [-0.15, -0.1) is 0 Å². The van der Waals surface area contributed by atoms with Gasteiger partial charge in [0.25, 0.3) is 0 Å².